The van der Waals surface area contributed by atoms with Crippen molar-refractivity contribution in [3.05, 3.63) is 28.3 Å². The highest BCUT2D eigenvalue weighted by atomic mass is 32.2. The molecule has 0 unspecified atom stereocenters. The van der Waals surface area contributed by atoms with Gasteiger partial charge in [-0.1, -0.05) is 12.8 Å². The van der Waals surface area contributed by atoms with Crippen molar-refractivity contribution in [3.63, 3.8) is 0 Å². The Morgan fingerprint density at radius 2 is 1.75 bits per heavy atom. The van der Waals surface area contributed by atoms with Gasteiger partial charge >= 0.3 is 0 Å². The number of hydrogen-bond donors (Lipinski definition) is 1. The Balaban J connectivity index is 1.81. The molecule has 0 bridgehead atoms. The molecule has 0 spiro atoms. The van der Waals surface area contributed by atoms with E-state index in [1.807, 2.05) is 4.90 Å². The van der Waals surface area contributed by atoms with Gasteiger partial charge in [-0.2, -0.15) is 0 Å². The van der Waals surface area contributed by atoms with Crippen molar-refractivity contribution < 1.29 is 13.3 Å². The van der Waals surface area contributed by atoms with Crippen molar-refractivity contribution in [1.29, 1.82) is 0 Å². The number of nitro groups is 1. The van der Waals surface area contributed by atoms with E-state index in [4.69, 9.17) is 5.14 Å². The summed E-state index contributed by atoms with van der Waals surface area (Å²) in [6.07, 6.45) is 5.03. The van der Waals surface area contributed by atoms with Gasteiger partial charge in [0.05, 0.1) is 10.6 Å². The van der Waals surface area contributed by atoms with E-state index < -0.39 is 14.9 Å². The fraction of sp³-hybridized carbons (Fsp3) is 0.600. The number of primary sulfonamides is 1. The van der Waals surface area contributed by atoms with Crippen LogP contribution in [0.1, 0.15) is 25.7 Å². The summed E-state index contributed by atoms with van der Waals surface area (Å²) in [5, 5.41) is 16.2. The van der Waals surface area contributed by atoms with Gasteiger partial charge in [-0.05, 0) is 18.9 Å². The van der Waals surface area contributed by atoms with Crippen molar-refractivity contribution in [1.82, 2.24) is 4.90 Å². The molecule has 1 saturated heterocycles. The first-order chi connectivity index (χ1) is 11.4. The van der Waals surface area contributed by atoms with Gasteiger partial charge < -0.3 is 4.90 Å². The fourth-order valence-corrected chi connectivity index (χ4v) is 4.48. The number of rotatable bonds is 4. The zero-order chi connectivity index (χ0) is 17.3. The van der Waals surface area contributed by atoms with Crippen LogP contribution in [0.5, 0.6) is 0 Å². The highest BCUT2D eigenvalue weighted by Crippen LogP contribution is 2.31. The molecule has 2 N–H and O–H groups in total. The van der Waals surface area contributed by atoms with Gasteiger partial charge in [0.25, 0.3) is 5.69 Å². The quantitative estimate of drug-likeness (QED) is 0.645. The molecule has 8 nitrogen and oxygen atoms in total. The highest BCUT2D eigenvalue weighted by Gasteiger charge is 2.29. The maximum Gasteiger partial charge on any atom is 0.270 e. The number of nitro benzene ring substituents is 1. The zero-order valence-corrected chi connectivity index (χ0v) is 14.2. The van der Waals surface area contributed by atoms with Gasteiger partial charge in [0, 0.05) is 44.4 Å². The Morgan fingerprint density at radius 1 is 1.12 bits per heavy atom. The smallest absolute Gasteiger partial charge is 0.270 e. The minimum atomic E-state index is -4.03. The zero-order valence-electron chi connectivity index (χ0n) is 13.4. The molecule has 0 atom stereocenters. The monoisotopic (exact) mass is 354 g/mol. The predicted octanol–water partition coefficient (Wildman–Crippen LogP) is 1.31. The standard InChI is InChI=1S/C15H22N4O4S/c16-24(22,23)15-11-13(19(20)21)5-6-14(15)18-9-7-17(8-10-18)12-3-1-2-4-12/h5-6,11-12H,1-4,7-10H2,(H2,16,22,23). The van der Waals surface area contributed by atoms with Gasteiger partial charge in [0.1, 0.15) is 4.90 Å². The lowest BCUT2D eigenvalue weighted by atomic mass is 10.1. The number of non-ortho nitro benzene ring substituents is 1. The Kier molecular flexibility index (Phi) is 4.75. The van der Waals surface area contributed by atoms with Gasteiger partial charge in [-0.3, -0.25) is 15.0 Å². The Labute approximate surface area is 141 Å². The summed E-state index contributed by atoms with van der Waals surface area (Å²) in [5.74, 6) is 0. The van der Waals surface area contributed by atoms with E-state index in [2.05, 4.69) is 4.90 Å². The Morgan fingerprint density at radius 3 is 2.29 bits per heavy atom. The van der Waals surface area contributed by atoms with Crippen molar-refractivity contribution >= 4 is 21.4 Å². The van der Waals surface area contributed by atoms with Crippen LogP contribution in [0.4, 0.5) is 11.4 Å². The molecular weight excluding hydrogens is 332 g/mol. The second-order valence-corrected chi connectivity index (χ2v) is 7.95. The molecule has 2 fully saturated rings. The molecule has 0 radical (unpaired) electrons. The fourth-order valence-electron chi connectivity index (χ4n) is 3.70. The third-order valence-corrected chi connectivity index (χ3v) is 5.90. The molecule has 1 aromatic rings. The number of hydrogen-bond acceptors (Lipinski definition) is 6. The molecule has 0 aromatic heterocycles. The van der Waals surface area contributed by atoms with Crippen molar-refractivity contribution in [2.75, 3.05) is 31.1 Å². The predicted molar refractivity (Wildman–Crippen MR) is 90.5 cm³/mol. The second kappa shape index (κ2) is 6.66. The summed E-state index contributed by atoms with van der Waals surface area (Å²) in [5.41, 5.74) is 0.182. The molecule has 1 heterocycles. The van der Waals surface area contributed by atoms with Crippen LogP contribution in [0.3, 0.4) is 0 Å². The maximum atomic E-state index is 11.9. The molecular formula is C15H22N4O4S. The molecule has 3 rings (SSSR count). The van der Waals surface area contributed by atoms with E-state index >= 15 is 0 Å². The Hall–Kier alpha value is -1.71. The normalized spacial score (nSPS) is 20.5. The average Bonchev–Trinajstić information content (AvgIpc) is 3.08. The molecule has 1 aliphatic heterocycles. The second-order valence-electron chi connectivity index (χ2n) is 6.42. The first-order valence-corrected chi connectivity index (χ1v) is 9.71. The molecule has 132 valence electrons. The minimum Gasteiger partial charge on any atom is -0.368 e. The maximum absolute atomic E-state index is 11.9. The van der Waals surface area contributed by atoms with E-state index in [0.29, 0.717) is 24.8 Å². The van der Waals surface area contributed by atoms with E-state index in [-0.39, 0.29) is 10.6 Å². The van der Waals surface area contributed by atoms with E-state index in [1.165, 1.54) is 37.8 Å². The van der Waals surface area contributed by atoms with Crippen LogP contribution in [0.2, 0.25) is 0 Å². The van der Waals surface area contributed by atoms with E-state index in [0.717, 1.165) is 19.2 Å². The van der Waals surface area contributed by atoms with Crippen LogP contribution in [0.25, 0.3) is 0 Å². The molecule has 1 saturated carbocycles. The van der Waals surface area contributed by atoms with Gasteiger partial charge in [0.15, 0.2) is 0 Å². The largest absolute Gasteiger partial charge is 0.368 e. The average molecular weight is 354 g/mol. The first kappa shape index (κ1) is 17.1. The summed E-state index contributed by atoms with van der Waals surface area (Å²) in [4.78, 5) is 14.5. The number of piperazine rings is 1. The van der Waals surface area contributed by atoms with Gasteiger partial charge in [-0.25, -0.2) is 13.6 Å². The summed E-state index contributed by atoms with van der Waals surface area (Å²) >= 11 is 0. The molecule has 1 aliphatic carbocycles. The number of nitrogens with two attached hydrogens (primary N) is 1. The molecule has 0 amide bonds. The van der Waals surface area contributed by atoms with Gasteiger partial charge in [-0.15, -0.1) is 0 Å². The summed E-state index contributed by atoms with van der Waals surface area (Å²) < 4.78 is 23.7. The van der Waals surface area contributed by atoms with E-state index in [1.54, 1.807) is 0 Å². The molecule has 24 heavy (non-hydrogen) atoms. The molecule has 1 aromatic carbocycles. The van der Waals surface area contributed by atoms with E-state index in [9.17, 15) is 18.5 Å². The summed E-state index contributed by atoms with van der Waals surface area (Å²) in [6, 6.07) is 4.51. The number of anilines is 1. The van der Waals surface area contributed by atoms with Crippen LogP contribution in [0, 0.1) is 10.1 Å². The highest BCUT2D eigenvalue weighted by molar-refractivity contribution is 7.89. The number of nitrogens with zero attached hydrogens (tertiary/aromatic N) is 3. The number of benzene rings is 1. The lowest BCUT2D eigenvalue weighted by Gasteiger charge is -2.39. The van der Waals surface area contributed by atoms with Crippen LogP contribution in [-0.2, 0) is 10.0 Å². The molecule has 9 heteroatoms. The lowest BCUT2D eigenvalue weighted by molar-refractivity contribution is -0.385. The van der Waals surface area contributed by atoms with Crippen LogP contribution in [-0.4, -0.2) is 50.5 Å². The first-order valence-electron chi connectivity index (χ1n) is 8.16. The third-order valence-electron chi connectivity index (χ3n) is 4.96. The minimum absolute atomic E-state index is 0.175. The van der Waals surface area contributed by atoms with Gasteiger partial charge in [0.2, 0.25) is 10.0 Å². The Bertz CT molecular complexity index is 723. The topological polar surface area (TPSA) is 110 Å². The van der Waals surface area contributed by atoms with Crippen LogP contribution >= 0.6 is 0 Å². The molecule has 2 aliphatic rings. The number of sulfonamides is 1. The third kappa shape index (κ3) is 3.52. The van der Waals surface area contributed by atoms with Crippen LogP contribution in [0.15, 0.2) is 23.1 Å². The van der Waals surface area contributed by atoms with Crippen LogP contribution < -0.4 is 10.0 Å². The lowest BCUT2D eigenvalue weighted by Crippen LogP contribution is -2.50. The van der Waals surface area contributed by atoms with Crippen molar-refractivity contribution in [2.24, 2.45) is 5.14 Å². The van der Waals surface area contributed by atoms with Crippen molar-refractivity contribution in [2.45, 2.75) is 36.6 Å². The summed E-state index contributed by atoms with van der Waals surface area (Å²) in [7, 11) is -4.03. The SMILES string of the molecule is NS(=O)(=O)c1cc([N+](=O)[O-])ccc1N1CCN(C2CCCC2)CC1. The summed E-state index contributed by atoms with van der Waals surface area (Å²) in [6.45, 7) is 3.12. The van der Waals surface area contributed by atoms with Crippen molar-refractivity contribution in [3.8, 4) is 0 Å².